The summed E-state index contributed by atoms with van der Waals surface area (Å²) < 4.78 is 11.1. The minimum Gasteiger partial charge on any atom is -0.454 e. The Bertz CT molecular complexity index is 900. The van der Waals surface area contributed by atoms with E-state index in [2.05, 4.69) is 21.2 Å². The Labute approximate surface area is 155 Å². The van der Waals surface area contributed by atoms with Gasteiger partial charge in [-0.25, -0.2) is 0 Å². The summed E-state index contributed by atoms with van der Waals surface area (Å²) in [5.41, 5.74) is 0.473. The van der Waals surface area contributed by atoms with E-state index in [0.717, 1.165) is 4.47 Å². The molecule has 0 unspecified atom stereocenters. The minimum absolute atomic E-state index is 0.00219. The van der Waals surface area contributed by atoms with Crippen molar-refractivity contribution in [3.63, 3.8) is 0 Å². The smallest absolute Gasteiger partial charge is 0.280 e. The maximum Gasteiger partial charge on any atom is 0.280 e. The zero-order valence-electron chi connectivity index (χ0n) is 12.5. The third kappa shape index (κ3) is 3.92. The third-order valence-electron chi connectivity index (χ3n) is 3.32. The Balaban J connectivity index is 1.81. The molecule has 0 aliphatic carbocycles. The van der Waals surface area contributed by atoms with Crippen LogP contribution in [0.4, 0.5) is 11.4 Å². The molecule has 1 heterocycles. The summed E-state index contributed by atoms with van der Waals surface area (Å²) in [6.07, 6.45) is 2.52. The molecule has 0 atom stereocenters. The van der Waals surface area contributed by atoms with Gasteiger partial charge in [-0.1, -0.05) is 27.5 Å². The van der Waals surface area contributed by atoms with E-state index in [1.54, 1.807) is 18.2 Å². The molecule has 1 aliphatic heterocycles. The van der Waals surface area contributed by atoms with Gasteiger partial charge in [0.05, 0.1) is 27.3 Å². The highest BCUT2D eigenvalue weighted by Gasteiger charge is 2.22. The van der Waals surface area contributed by atoms with Crippen molar-refractivity contribution < 1.29 is 19.2 Å². The van der Waals surface area contributed by atoms with Gasteiger partial charge in [-0.3, -0.25) is 14.9 Å². The molecule has 1 amide bonds. The highest BCUT2D eigenvalue weighted by Crippen LogP contribution is 2.38. The molecule has 9 heteroatoms. The molecule has 1 aliphatic rings. The van der Waals surface area contributed by atoms with E-state index in [-0.39, 0.29) is 18.0 Å². The van der Waals surface area contributed by atoms with Gasteiger partial charge in [-0.05, 0) is 30.3 Å². The molecule has 1 N–H and O–H groups in total. The Hall–Kier alpha value is -2.58. The summed E-state index contributed by atoms with van der Waals surface area (Å²) in [5.74, 6) is 0.216. The van der Waals surface area contributed by atoms with Crippen LogP contribution in [0.15, 0.2) is 40.9 Å². The van der Waals surface area contributed by atoms with Crippen LogP contribution in [0.5, 0.6) is 11.5 Å². The SMILES string of the molecule is O=C(/C=C/c1cc2c(cc1[N+](=O)[O-])OCO2)Nc1ccc(Br)cc1Cl. The lowest BCUT2D eigenvalue weighted by Gasteiger charge is -2.05. The molecule has 0 fully saturated rings. The Morgan fingerprint density at radius 2 is 2.00 bits per heavy atom. The molecule has 2 aromatic carbocycles. The van der Waals surface area contributed by atoms with Crippen LogP contribution in [0.25, 0.3) is 6.08 Å². The Morgan fingerprint density at radius 1 is 1.28 bits per heavy atom. The lowest BCUT2D eigenvalue weighted by Crippen LogP contribution is -2.08. The molecule has 2 aromatic rings. The van der Waals surface area contributed by atoms with E-state index in [4.69, 9.17) is 21.1 Å². The maximum atomic E-state index is 12.0. The van der Waals surface area contributed by atoms with Crippen LogP contribution in [0.3, 0.4) is 0 Å². The van der Waals surface area contributed by atoms with E-state index >= 15 is 0 Å². The van der Waals surface area contributed by atoms with Gasteiger partial charge in [0.2, 0.25) is 12.7 Å². The average Bonchev–Trinajstić information content (AvgIpc) is 3.02. The number of anilines is 1. The molecule has 0 bridgehead atoms. The monoisotopic (exact) mass is 424 g/mol. The average molecular weight is 426 g/mol. The molecule has 7 nitrogen and oxygen atoms in total. The van der Waals surface area contributed by atoms with E-state index in [9.17, 15) is 14.9 Å². The quantitative estimate of drug-likeness (QED) is 0.446. The van der Waals surface area contributed by atoms with E-state index in [1.165, 1.54) is 24.3 Å². The molecule has 0 aromatic heterocycles. The zero-order valence-corrected chi connectivity index (χ0v) is 14.8. The predicted molar refractivity (Wildman–Crippen MR) is 96.0 cm³/mol. The second-order valence-electron chi connectivity index (χ2n) is 4.97. The number of rotatable bonds is 4. The third-order valence-corrected chi connectivity index (χ3v) is 4.13. The predicted octanol–water partition coefficient (Wildman–Crippen LogP) is 4.39. The van der Waals surface area contributed by atoms with Crippen molar-refractivity contribution in [3.8, 4) is 11.5 Å². The number of nitro benzene ring substituents is 1. The summed E-state index contributed by atoms with van der Waals surface area (Å²) in [4.78, 5) is 22.7. The van der Waals surface area contributed by atoms with E-state index in [1.807, 2.05) is 0 Å². The molecule has 0 saturated carbocycles. The first kappa shape index (κ1) is 17.2. The minimum atomic E-state index is -0.550. The van der Waals surface area contributed by atoms with Crippen molar-refractivity contribution in [1.82, 2.24) is 0 Å². The topological polar surface area (TPSA) is 90.7 Å². The van der Waals surface area contributed by atoms with Crippen LogP contribution in [0, 0.1) is 10.1 Å². The number of nitro groups is 1. The van der Waals surface area contributed by atoms with Crippen LogP contribution in [-0.4, -0.2) is 17.6 Å². The number of amides is 1. The van der Waals surface area contributed by atoms with Gasteiger partial charge in [-0.15, -0.1) is 0 Å². The van der Waals surface area contributed by atoms with Gasteiger partial charge >= 0.3 is 0 Å². The molecule has 0 spiro atoms. The fraction of sp³-hybridized carbons (Fsp3) is 0.0625. The number of halogens is 2. The normalized spacial score (nSPS) is 12.4. The van der Waals surface area contributed by atoms with Crippen molar-refractivity contribution in [2.24, 2.45) is 0 Å². The van der Waals surface area contributed by atoms with Crippen LogP contribution < -0.4 is 14.8 Å². The van der Waals surface area contributed by atoms with E-state index < -0.39 is 10.8 Å². The van der Waals surface area contributed by atoms with Gasteiger partial charge in [-0.2, -0.15) is 0 Å². The highest BCUT2D eigenvalue weighted by molar-refractivity contribution is 9.10. The van der Waals surface area contributed by atoms with Crippen LogP contribution in [0.2, 0.25) is 5.02 Å². The maximum absolute atomic E-state index is 12.0. The van der Waals surface area contributed by atoms with Crippen molar-refractivity contribution in [3.05, 3.63) is 61.6 Å². The Kier molecular flexibility index (Phi) is 4.91. The fourth-order valence-electron chi connectivity index (χ4n) is 2.17. The summed E-state index contributed by atoms with van der Waals surface area (Å²) >= 11 is 9.31. The number of nitrogens with one attached hydrogen (secondary N) is 1. The highest BCUT2D eigenvalue weighted by atomic mass is 79.9. The molecule has 0 saturated heterocycles. The second-order valence-corrected chi connectivity index (χ2v) is 6.29. The summed E-state index contributed by atoms with van der Waals surface area (Å²) in [6.45, 7) is 0.00219. The van der Waals surface area contributed by atoms with Crippen molar-refractivity contribution in [2.45, 2.75) is 0 Å². The first-order valence-corrected chi connectivity index (χ1v) is 8.13. The second kappa shape index (κ2) is 7.12. The molecule has 0 radical (unpaired) electrons. The number of hydrogen-bond donors (Lipinski definition) is 1. The molecule has 25 heavy (non-hydrogen) atoms. The van der Waals surface area contributed by atoms with Crippen LogP contribution >= 0.6 is 27.5 Å². The first-order valence-electron chi connectivity index (χ1n) is 6.96. The molecule has 128 valence electrons. The number of carbonyl (C=O) groups excluding carboxylic acids is 1. The largest absolute Gasteiger partial charge is 0.454 e. The van der Waals surface area contributed by atoms with Crippen LogP contribution in [0.1, 0.15) is 5.56 Å². The van der Waals surface area contributed by atoms with Gasteiger partial charge in [0.25, 0.3) is 5.69 Å². The molecular formula is C16H10BrClN2O5. The first-order chi connectivity index (χ1) is 11.9. The zero-order chi connectivity index (χ0) is 18.0. The van der Waals surface area contributed by atoms with Crippen molar-refractivity contribution in [2.75, 3.05) is 12.1 Å². The Morgan fingerprint density at radius 3 is 2.68 bits per heavy atom. The number of hydrogen-bond acceptors (Lipinski definition) is 5. The van der Waals surface area contributed by atoms with Crippen molar-refractivity contribution >= 4 is 50.9 Å². The number of carbonyl (C=O) groups is 1. The van der Waals surface area contributed by atoms with Gasteiger partial charge in [0.15, 0.2) is 11.5 Å². The number of nitrogens with zero attached hydrogens (tertiary/aromatic N) is 1. The summed E-state index contributed by atoms with van der Waals surface area (Å²) in [7, 11) is 0. The number of benzene rings is 2. The van der Waals surface area contributed by atoms with Crippen molar-refractivity contribution in [1.29, 1.82) is 0 Å². The number of fused-ring (bicyclic) bond motifs is 1. The number of ether oxygens (including phenoxy) is 2. The van der Waals surface area contributed by atoms with Gasteiger partial charge < -0.3 is 14.8 Å². The lowest BCUT2D eigenvalue weighted by molar-refractivity contribution is -0.385. The van der Waals surface area contributed by atoms with Gasteiger partial charge in [0, 0.05) is 10.5 Å². The van der Waals surface area contributed by atoms with E-state index in [0.29, 0.717) is 22.2 Å². The van der Waals surface area contributed by atoms with Gasteiger partial charge in [0.1, 0.15) is 0 Å². The summed E-state index contributed by atoms with van der Waals surface area (Å²) in [6, 6.07) is 7.74. The lowest BCUT2D eigenvalue weighted by atomic mass is 10.1. The standard InChI is InChI=1S/C16H10BrClN2O5/c17-10-2-3-12(11(18)6-10)19-16(21)4-1-9-5-14-15(25-8-24-14)7-13(9)20(22)23/h1-7H,8H2,(H,19,21)/b4-1+. The summed E-state index contributed by atoms with van der Waals surface area (Å²) in [5, 5.41) is 14.2. The van der Waals surface area contributed by atoms with Crippen LogP contribution in [-0.2, 0) is 4.79 Å². The molecule has 3 rings (SSSR count). The molecular weight excluding hydrogens is 416 g/mol. The fourth-order valence-corrected chi connectivity index (χ4v) is 2.89.